The predicted octanol–water partition coefficient (Wildman–Crippen LogP) is 3.55. The molecule has 2 heterocycles. The number of aromatic amines is 1. The Morgan fingerprint density at radius 1 is 1.36 bits per heavy atom. The van der Waals surface area contributed by atoms with Crippen LogP contribution in [0.2, 0.25) is 0 Å². The van der Waals surface area contributed by atoms with E-state index < -0.39 is 0 Å². The molecule has 2 aromatic heterocycles. The van der Waals surface area contributed by atoms with Crippen molar-refractivity contribution in [3.8, 4) is 6.07 Å². The minimum atomic E-state index is -0.299. The predicted molar refractivity (Wildman–Crippen MR) is 94.0 cm³/mol. The van der Waals surface area contributed by atoms with Crippen LogP contribution in [0.25, 0.3) is 10.9 Å². The van der Waals surface area contributed by atoms with Gasteiger partial charge in [-0.2, -0.15) is 10.4 Å². The summed E-state index contributed by atoms with van der Waals surface area (Å²) in [5.41, 5.74) is 1.34. The fraction of sp³-hybridized carbons (Fsp3) is 0.278. The summed E-state index contributed by atoms with van der Waals surface area (Å²) in [4.78, 5) is 14.8. The van der Waals surface area contributed by atoms with Gasteiger partial charge in [0.1, 0.15) is 11.2 Å². The van der Waals surface area contributed by atoms with Gasteiger partial charge in [0.05, 0.1) is 11.6 Å². The van der Waals surface area contributed by atoms with E-state index in [0.717, 1.165) is 12.1 Å². The molecule has 1 fully saturated rings. The minimum Gasteiger partial charge on any atom is -0.338 e. The molecule has 1 aliphatic carbocycles. The summed E-state index contributed by atoms with van der Waals surface area (Å²) in [5.74, 6) is 0.859. The van der Waals surface area contributed by atoms with Crippen molar-refractivity contribution in [2.75, 3.05) is 5.32 Å². The molecule has 7 heteroatoms. The lowest BCUT2D eigenvalue weighted by atomic mass is 10.2. The average molecular weight is 339 g/mol. The van der Waals surface area contributed by atoms with Gasteiger partial charge >= 0.3 is 0 Å². The number of rotatable bonds is 4. The van der Waals surface area contributed by atoms with Crippen molar-refractivity contribution in [2.45, 2.75) is 26.3 Å². The van der Waals surface area contributed by atoms with Crippen LogP contribution in [0.4, 0.5) is 15.9 Å². The quantitative estimate of drug-likeness (QED) is 0.761. The first-order valence-corrected chi connectivity index (χ1v) is 8.04. The van der Waals surface area contributed by atoms with Gasteiger partial charge in [0, 0.05) is 25.4 Å². The Labute approximate surface area is 143 Å². The summed E-state index contributed by atoms with van der Waals surface area (Å²) < 4.78 is 14.9. The topological polar surface area (TPSA) is 86.5 Å². The van der Waals surface area contributed by atoms with Crippen LogP contribution in [-0.2, 0) is 6.54 Å². The molecular weight excluding hydrogens is 321 g/mol. The van der Waals surface area contributed by atoms with Crippen molar-refractivity contribution in [2.24, 2.45) is 5.92 Å². The number of hydrogen-bond donors (Lipinski definition) is 2. The Morgan fingerprint density at radius 2 is 2.04 bits per heavy atom. The molecule has 1 aliphatic rings. The van der Waals surface area contributed by atoms with Crippen LogP contribution in [0.3, 0.4) is 0 Å². The van der Waals surface area contributed by atoms with E-state index in [1.165, 1.54) is 31.9 Å². The van der Waals surface area contributed by atoms with Gasteiger partial charge in [-0.25, -0.2) is 4.39 Å². The van der Waals surface area contributed by atoms with E-state index in [1.54, 1.807) is 24.4 Å². The molecular formula is C18H18FN5O. The molecule has 25 heavy (non-hydrogen) atoms. The first-order chi connectivity index (χ1) is 12.1. The number of fused-ring (bicyclic) bond motifs is 1. The van der Waals surface area contributed by atoms with E-state index in [1.807, 2.05) is 10.7 Å². The molecule has 0 unspecified atom stereocenters. The van der Waals surface area contributed by atoms with Gasteiger partial charge in [0.25, 0.3) is 5.56 Å². The van der Waals surface area contributed by atoms with Gasteiger partial charge < -0.3 is 10.3 Å². The SMILES string of the molecule is CC#N.O=c1[nH]ccc2c1c(Nc1ccc(F)cc1)nn2CC1CC1. The summed E-state index contributed by atoms with van der Waals surface area (Å²) >= 11 is 0. The molecule has 2 N–H and O–H groups in total. The molecule has 0 aliphatic heterocycles. The molecule has 1 aromatic carbocycles. The largest absolute Gasteiger partial charge is 0.338 e. The number of hydrogen-bond acceptors (Lipinski definition) is 4. The summed E-state index contributed by atoms with van der Waals surface area (Å²) in [7, 11) is 0. The number of benzene rings is 1. The Balaban J connectivity index is 0.000000569. The number of nitrogens with zero attached hydrogens (tertiary/aromatic N) is 3. The number of aromatic nitrogens is 3. The van der Waals surface area contributed by atoms with E-state index >= 15 is 0 Å². The van der Waals surface area contributed by atoms with E-state index in [9.17, 15) is 9.18 Å². The van der Waals surface area contributed by atoms with Crippen LogP contribution >= 0.6 is 0 Å². The first-order valence-electron chi connectivity index (χ1n) is 8.04. The molecule has 0 radical (unpaired) electrons. The number of halogens is 1. The third-order valence-electron chi connectivity index (χ3n) is 3.91. The highest BCUT2D eigenvalue weighted by Gasteiger charge is 2.24. The normalized spacial score (nSPS) is 13.0. The first kappa shape index (κ1) is 16.7. The summed E-state index contributed by atoms with van der Waals surface area (Å²) in [6.45, 7) is 2.26. The molecule has 0 atom stereocenters. The summed E-state index contributed by atoms with van der Waals surface area (Å²) in [6.07, 6.45) is 4.06. The molecule has 128 valence electrons. The minimum absolute atomic E-state index is 0.177. The van der Waals surface area contributed by atoms with E-state index in [-0.39, 0.29) is 11.4 Å². The Kier molecular flexibility index (Phi) is 4.80. The third-order valence-corrected chi connectivity index (χ3v) is 3.91. The number of nitrogens with one attached hydrogen (secondary N) is 2. The summed E-state index contributed by atoms with van der Waals surface area (Å²) in [5, 5.41) is 15.5. The van der Waals surface area contributed by atoms with Crippen molar-refractivity contribution in [1.29, 1.82) is 5.26 Å². The van der Waals surface area contributed by atoms with Crippen LogP contribution in [-0.4, -0.2) is 14.8 Å². The zero-order valence-corrected chi connectivity index (χ0v) is 13.8. The van der Waals surface area contributed by atoms with Gasteiger partial charge in [-0.05, 0) is 49.1 Å². The highest BCUT2D eigenvalue weighted by molar-refractivity contribution is 5.91. The van der Waals surface area contributed by atoms with Gasteiger partial charge in [-0.15, -0.1) is 0 Å². The van der Waals surface area contributed by atoms with Crippen LogP contribution in [0.5, 0.6) is 0 Å². The fourth-order valence-corrected chi connectivity index (χ4v) is 2.58. The number of nitriles is 1. The van der Waals surface area contributed by atoms with Gasteiger partial charge in [-0.3, -0.25) is 9.48 Å². The molecule has 4 rings (SSSR count). The highest BCUT2D eigenvalue weighted by Crippen LogP contribution is 2.32. The maximum atomic E-state index is 13.0. The van der Waals surface area contributed by atoms with Gasteiger partial charge in [0.2, 0.25) is 0 Å². The highest BCUT2D eigenvalue weighted by atomic mass is 19.1. The smallest absolute Gasteiger partial charge is 0.261 e. The van der Waals surface area contributed by atoms with Crippen LogP contribution < -0.4 is 10.9 Å². The van der Waals surface area contributed by atoms with Crippen LogP contribution in [0, 0.1) is 23.1 Å². The maximum Gasteiger partial charge on any atom is 0.261 e. The molecule has 0 bridgehead atoms. The second-order valence-corrected chi connectivity index (χ2v) is 5.90. The second-order valence-electron chi connectivity index (χ2n) is 5.90. The van der Waals surface area contributed by atoms with Gasteiger partial charge in [-0.1, -0.05) is 0 Å². The van der Waals surface area contributed by atoms with Gasteiger partial charge in [0.15, 0.2) is 5.82 Å². The van der Waals surface area contributed by atoms with E-state index in [4.69, 9.17) is 5.26 Å². The number of anilines is 2. The average Bonchev–Trinajstić information content (AvgIpc) is 3.33. The zero-order valence-electron chi connectivity index (χ0n) is 13.8. The van der Waals surface area contributed by atoms with Crippen molar-refractivity contribution >= 4 is 22.4 Å². The Bertz CT molecular complexity index is 964. The maximum absolute atomic E-state index is 13.0. The van der Waals surface area contributed by atoms with Crippen molar-refractivity contribution in [3.63, 3.8) is 0 Å². The molecule has 0 spiro atoms. The Hall–Kier alpha value is -3.14. The fourth-order valence-electron chi connectivity index (χ4n) is 2.58. The van der Waals surface area contributed by atoms with E-state index in [0.29, 0.717) is 22.8 Å². The lowest BCUT2D eigenvalue weighted by Gasteiger charge is -2.03. The summed E-state index contributed by atoms with van der Waals surface area (Å²) in [6, 6.07) is 9.60. The number of H-pyrrole nitrogens is 1. The van der Waals surface area contributed by atoms with Crippen molar-refractivity contribution in [3.05, 3.63) is 52.7 Å². The van der Waals surface area contributed by atoms with E-state index in [2.05, 4.69) is 15.4 Å². The lowest BCUT2D eigenvalue weighted by molar-refractivity contribution is 0.582. The van der Waals surface area contributed by atoms with Crippen molar-refractivity contribution in [1.82, 2.24) is 14.8 Å². The molecule has 0 saturated heterocycles. The third kappa shape index (κ3) is 3.86. The lowest BCUT2D eigenvalue weighted by Crippen LogP contribution is -2.06. The monoisotopic (exact) mass is 339 g/mol. The van der Waals surface area contributed by atoms with Crippen LogP contribution in [0.15, 0.2) is 41.3 Å². The molecule has 3 aromatic rings. The van der Waals surface area contributed by atoms with Crippen LogP contribution in [0.1, 0.15) is 19.8 Å². The number of pyridine rings is 1. The standard InChI is InChI=1S/C16H15FN4O.C2H3N/c17-11-3-5-12(6-4-11)19-15-14-13(7-8-18-16(14)22)21(20-15)9-10-1-2-10;1-2-3/h3-8,10H,1-2,9H2,(H,18,22)(H,19,20);1H3. The Morgan fingerprint density at radius 3 is 2.68 bits per heavy atom. The zero-order chi connectivity index (χ0) is 17.8. The molecule has 0 amide bonds. The molecule has 1 saturated carbocycles. The second kappa shape index (κ2) is 7.18. The van der Waals surface area contributed by atoms with Crippen molar-refractivity contribution < 1.29 is 4.39 Å². The molecule has 6 nitrogen and oxygen atoms in total.